The summed E-state index contributed by atoms with van der Waals surface area (Å²) in [6.07, 6.45) is 10.0. The fraction of sp³-hybridized carbons (Fsp3) is 0.462. The summed E-state index contributed by atoms with van der Waals surface area (Å²) in [6, 6.07) is 6.82. The van der Waals surface area contributed by atoms with E-state index in [1.54, 1.807) is 5.57 Å². The average Bonchev–Trinajstić information content (AvgIpc) is 2.92. The third-order valence-electron chi connectivity index (χ3n) is 3.83. The monoisotopic (exact) mass is 354 g/mol. The van der Waals surface area contributed by atoms with Crippen LogP contribution in [0.1, 0.15) is 85.4 Å². The van der Waals surface area contributed by atoms with Crippen molar-refractivity contribution in [2.75, 3.05) is 0 Å². The molecule has 0 saturated carbocycles. The average molecular weight is 355 g/mol. The van der Waals surface area contributed by atoms with Crippen LogP contribution < -0.4 is 0 Å². The summed E-state index contributed by atoms with van der Waals surface area (Å²) in [5, 5.41) is 0. The first-order valence-electron chi connectivity index (χ1n) is 9.85. The van der Waals surface area contributed by atoms with Gasteiger partial charge >= 0.3 is 0 Å². The number of fused-ring (bicyclic) bond motifs is 1. The molecule has 1 aliphatic rings. The summed E-state index contributed by atoms with van der Waals surface area (Å²) >= 11 is 0. The smallest absolute Gasteiger partial charge is 0.00516 e. The van der Waals surface area contributed by atoms with Crippen LogP contribution in [0.4, 0.5) is 0 Å². The molecule has 1 aromatic rings. The first-order chi connectivity index (χ1) is 12.0. The van der Waals surface area contributed by atoms with Crippen molar-refractivity contribution >= 4 is 5.57 Å². The summed E-state index contributed by atoms with van der Waals surface area (Å²) in [5.74, 6) is 0. The quantitative estimate of drug-likeness (QED) is 0.463. The first-order valence-corrected chi connectivity index (χ1v) is 9.85. The van der Waals surface area contributed by atoms with E-state index in [-0.39, 0.29) is 7.43 Å². The van der Waals surface area contributed by atoms with Gasteiger partial charge in [0, 0.05) is 0 Å². The Morgan fingerprint density at radius 1 is 1.12 bits per heavy atom. The SMILES string of the molecule is C.C=C(C=C(C)C)/C=C\C1=C(CCC)Cc2cc(C)ccc21.CC.CC. The van der Waals surface area contributed by atoms with Gasteiger partial charge in [0.05, 0.1) is 0 Å². The van der Waals surface area contributed by atoms with Gasteiger partial charge in [-0.25, -0.2) is 0 Å². The number of allylic oxidation sites excluding steroid dienone is 7. The van der Waals surface area contributed by atoms with Crippen molar-refractivity contribution < 1.29 is 0 Å². The number of rotatable bonds is 5. The molecule has 0 heteroatoms. The van der Waals surface area contributed by atoms with E-state index in [1.165, 1.54) is 40.7 Å². The van der Waals surface area contributed by atoms with Gasteiger partial charge in [-0.3, -0.25) is 0 Å². The number of aryl methyl sites for hydroxylation is 1. The molecule has 1 aliphatic carbocycles. The Labute approximate surface area is 164 Å². The van der Waals surface area contributed by atoms with Crippen molar-refractivity contribution in [3.63, 3.8) is 0 Å². The summed E-state index contributed by atoms with van der Waals surface area (Å²) in [4.78, 5) is 0. The number of benzene rings is 1. The highest BCUT2D eigenvalue weighted by Crippen LogP contribution is 2.36. The molecule has 0 heterocycles. The normalized spacial score (nSPS) is 11.5. The van der Waals surface area contributed by atoms with Crippen LogP contribution in [0.25, 0.3) is 5.57 Å². The largest absolute Gasteiger partial charge is 0.0918 e. The molecule has 0 atom stereocenters. The minimum absolute atomic E-state index is 0. The highest BCUT2D eigenvalue weighted by atomic mass is 14.2. The minimum Gasteiger partial charge on any atom is -0.0918 e. The molecule has 0 bridgehead atoms. The van der Waals surface area contributed by atoms with E-state index in [0.717, 1.165) is 12.0 Å². The lowest BCUT2D eigenvalue weighted by molar-refractivity contribution is 0.884. The van der Waals surface area contributed by atoms with Gasteiger partial charge in [0.25, 0.3) is 0 Å². The fourth-order valence-corrected chi connectivity index (χ4v) is 2.99. The predicted octanol–water partition coefficient (Wildman–Crippen LogP) is 8.87. The second-order valence-electron chi connectivity index (χ2n) is 6.23. The maximum atomic E-state index is 4.11. The van der Waals surface area contributed by atoms with Crippen molar-refractivity contribution in [1.82, 2.24) is 0 Å². The Morgan fingerprint density at radius 3 is 2.27 bits per heavy atom. The predicted molar refractivity (Wildman–Crippen MR) is 124 cm³/mol. The highest BCUT2D eigenvalue weighted by Gasteiger charge is 2.18. The molecule has 0 unspecified atom stereocenters. The molecule has 0 amide bonds. The Bertz CT molecular complexity index is 632. The van der Waals surface area contributed by atoms with E-state index in [9.17, 15) is 0 Å². The second kappa shape index (κ2) is 14.4. The standard InChI is InChI=1S/C21H26.2C2H6.CH4/c1-6-7-18-14-19-13-17(5)9-11-21(19)20(18)10-8-16(4)12-15(2)3;2*1-2;/h8-13H,4,6-7,14H2,1-3,5H3;2*1-2H3;1H4/b10-8-;;;. The summed E-state index contributed by atoms with van der Waals surface area (Å²) in [6.45, 7) is 20.7. The van der Waals surface area contributed by atoms with Crippen LogP contribution in [0, 0.1) is 6.92 Å². The second-order valence-corrected chi connectivity index (χ2v) is 6.23. The van der Waals surface area contributed by atoms with Gasteiger partial charge in [0.2, 0.25) is 0 Å². The Balaban J connectivity index is 0. The van der Waals surface area contributed by atoms with Crippen molar-refractivity contribution in [1.29, 1.82) is 0 Å². The van der Waals surface area contributed by atoms with Gasteiger partial charge in [-0.05, 0) is 55.9 Å². The third kappa shape index (κ3) is 8.04. The zero-order chi connectivity index (χ0) is 19.4. The van der Waals surface area contributed by atoms with Crippen LogP contribution >= 0.6 is 0 Å². The van der Waals surface area contributed by atoms with Gasteiger partial charge in [0.1, 0.15) is 0 Å². The van der Waals surface area contributed by atoms with E-state index in [2.05, 4.69) is 70.7 Å². The van der Waals surface area contributed by atoms with Crippen LogP contribution in [0.5, 0.6) is 0 Å². The van der Waals surface area contributed by atoms with Gasteiger partial charge in [0.15, 0.2) is 0 Å². The molecule has 0 nitrogen and oxygen atoms in total. The van der Waals surface area contributed by atoms with Crippen molar-refractivity contribution in [3.8, 4) is 0 Å². The molecular weight excluding hydrogens is 312 g/mol. The number of hydrogen-bond donors (Lipinski definition) is 0. The lowest BCUT2D eigenvalue weighted by Gasteiger charge is -2.04. The minimum atomic E-state index is 0. The molecule has 0 spiro atoms. The Hall–Kier alpha value is -1.82. The topological polar surface area (TPSA) is 0 Å². The van der Waals surface area contributed by atoms with E-state index >= 15 is 0 Å². The molecule has 0 saturated heterocycles. The Kier molecular flexibility index (Phi) is 14.6. The molecule has 146 valence electrons. The van der Waals surface area contributed by atoms with Gasteiger partial charge < -0.3 is 0 Å². The fourth-order valence-electron chi connectivity index (χ4n) is 2.99. The van der Waals surface area contributed by atoms with Crippen LogP contribution in [0.2, 0.25) is 0 Å². The summed E-state index contributed by atoms with van der Waals surface area (Å²) < 4.78 is 0. The van der Waals surface area contributed by atoms with Crippen molar-refractivity contribution in [3.05, 3.63) is 76.4 Å². The van der Waals surface area contributed by atoms with E-state index < -0.39 is 0 Å². The van der Waals surface area contributed by atoms with Crippen LogP contribution in [-0.4, -0.2) is 0 Å². The summed E-state index contributed by atoms with van der Waals surface area (Å²) in [7, 11) is 0. The van der Waals surface area contributed by atoms with Gasteiger partial charge in [-0.2, -0.15) is 0 Å². The van der Waals surface area contributed by atoms with E-state index in [4.69, 9.17) is 0 Å². The molecule has 2 rings (SSSR count). The maximum absolute atomic E-state index is 4.11. The molecule has 0 N–H and O–H groups in total. The van der Waals surface area contributed by atoms with Gasteiger partial charge in [-0.1, -0.05) is 108 Å². The number of hydrogen-bond acceptors (Lipinski definition) is 0. The first kappa shape index (κ1) is 26.4. The maximum Gasteiger partial charge on any atom is -0.00516 e. The molecule has 0 aliphatic heterocycles. The van der Waals surface area contributed by atoms with E-state index in [0.29, 0.717) is 0 Å². The van der Waals surface area contributed by atoms with Gasteiger partial charge in [-0.15, -0.1) is 0 Å². The molecule has 0 radical (unpaired) electrons. The molecule has 0 fully saturated rings. The van der Waals surface area contributed by atoms with Crippen molar-refractivity contribution in [2.24, 2.45) is 0 Å². The molecule has 1 aromatic carbocycles. The Morgan fingerprint density at radius 2 is 1.73 bits per heavy atom. The van der Waals surface area contributed by atoms with Crippen LogP contribution in [-0.2, 0) is 6.42 Å². The lowest BCUT2D eigenvalue weighted by atomic mass is 10.0. The lowest BCUT2D eigenvalue weighted by Crippen LogP contribution is -1.85. The highest BCUT2D eigenvalue weighted by molar-refractivity contribution is 5.83. The zero-order valence-electron chi connectivity index (χ0n) is 17.8. The zero-order valence-corrected chi connectivity index (χ0v) is 17.8. The van der Waals surface area contributed by atoms with E-state index in [1.807, 2.05) is 27.7 Å². The molecular formula is C26H42. The van der Waals surface area contributed by atoms with Crippen LogP contribution in [0.15, 0.2) is 59.7 Å². The van der Waals surface area contributed by atoms with Crippen LogP contribution in [0.3, 0.4) is 0 Å². The third-order valence-corrected chi connectivity index (χ3v) is 3.83. The van der Waals surface area contributed by atoms with Crippen molar-refractivity contribution in [2.45, 2.75) is 82.1 Å². The molecule has 26 heavy (non-hydrogen) atoms. The summed E-state index contributed by atoms with van der Waals surface area (Å²) in [5.41, 5.74) is 9.57. The molecule has 0 aromatic heterocycles.